The molecular formula is C31H22ClN3O3S. The van der Waals surface area contributed by atoms with Crippen LogP contribution in [0.2, 0.25) is 5.02 Å². The summed E-state index contributed by atoms with van der Waals surface area (Å²) in [6, 6.07) is 31.8. The maximum absolute atomic E-state index is 13.8. The van der Waals surface area contributed by atoms with E-state index in [-0.39, 0.29) is 17.0 Å². The summed E-state index contributed by atoms with van der Waals surface area (Å²) in [7, 11) is 0. The summed E-state index contributed by atoms with van der Waals surface area (Å²) in [5.41, 5.74) is 4.05. The van der Waals surface area contributed by atoms with Gasteiger partial charge in [0.25, 0.3) is 5.24 Å². The molecule has 1 fully saturated rings. The van der Waals surface area contributed by atoms with Gasteiger partial charge in [-0.2, -0.15) is 5.10 Å². The number of halogens is 1. The molecule has 0 radical (unpaired) electrons. The standard InChI is InChI=1S/C31H22ClN3O3S/c32-22-15-16-28-24(18-22)26-19-25(20-9-3-1-4-10-20)33-35(26)31(38-28)29(17-21-11-7-8-14-27(21)36)39-30(37)34(31)23-12-5-2-6-13-23/h1-18,26,36H,19H2/b29-17-. The Morgan fingerprint density at radius 2 is 1.69 bits per heavy atom. The molecule has 2 atom stereocenters. The summed E-state index contributed by atoms with van der Waals surface area (Å²) in [6.45, 7) is 0. The summed E-state index contributed by atoms with van der Waals surface area (Å²) < 4.78 is 6.89. The fraction of sp³-hybridized carbons (Fsp3) is 0.0968. The molecule has 39 heavy (non-hydrogen) atoms. The number of hydrogen-bond acceptors (Lipinski definition) is 6. The fourth-order valence-electron chi connectivity index (χ4n) is 5.39. The number of aromatic hydroxyl groups is 1. The van der Waals surface area contributed by atoms with Crippen LogP contribution < -0.4 is 9.64 Å². The number of fused-ring (bicyclic) bond motifs is 4. The summed E-state index contributed by atoms with van der Waals surface area (Å²) in [5.74, 6) is -0.682. The second-order valence-corrected chi connectivity index (χ2v) is 10.9. The van der Waals surface area contributed by atoms with Crippen molar-refractivity contribution in [2.24, 2.45) is 5.10 Å². The normalized spacial score (nSPS) is 22.6. The van der Waals surface area contributed by atoms with Crippen LogP contribution in [0.5, 0.6) is 11.5 Å². The quantitative estimate of drug-likeness (QED) is 0.283. The van der Waals surface area contributed by atoms with Gasteiger partial charge in [0.05, 0.1) is 22.3 Å². The van der Waals surface area contributed by atoms with Crippen molar-refractivity contribution >= 4 is 46.1 Å². The molecule has 1 N–H and O–H groups in total. The molecule has 8 heteroatoms. The van der Waals surface area contributed by atoms with Crippen LogP contribution in [0.1, 0.15) is 29.2 Å². The van der Waals surface area contributed by atoms with Crippen LogP contribution in [0, 0.1) is 0 Å². The van der Waals surface area contributed by atoms with Crippen molar-refractivity contribution in [2.75, 3.05) is 4.90 Å². The summed E-state index contributed by atoms with van der Waals surface area (Å²) in [6.07, 6.45) is 2.42. The van der Waals surface area contributed by atoms with Gasteiger partial charge in [-0.3, -0.25) is 4.79 Å². The maximum atomic E-state index is 13.8. The molecule has 3 aliphatic heterocycles. The van der Waals surface area contributed by atoms with Crippen molar-refractivity contribution in [1.82, 2.24) is 5.01 Å². The number of phenols is 1. The Hall–Kier alpha value is -4.20. The van der Waals surface area contributed by atoms with Crippen molar-refractivity contribution < 1.29 is 14.6 Å². The van der Waals surface area contributed by atoms with Gasteiger partial charge < -0.3 is 9.84 Å². The lowest BCUT2D eigenvalue weighted by Crippen LogP contribution is -2.63. The first-order valence-electron chi connectivity index (χ1n) is 12.5. The van der Waals surface area contributed by atoms with E-state index in [9.17, 15) is 9.90 Å². The zero-order chi connectivity index (χ0) is 26.6. The van der Waals surface area contributed by atoms with Gasteiger partial charge in [-0.15, -0.1) is 0 Å². The van der Waals surface area contributed by atoms with Gasteiger partial charge in [0, 0.05) is 22.6 Å². The Morgan fingerprint density at radius 1 is 0.974 bits per heavy atom. The van der Waals surface area contributed by atoms with Gasteiger partial charge in [0.1, 0.15) is 11.5 Å². The van der Waals surface area contributed by atoms with Crippen molar-refractivity contribution in [1.29, 1.82) is 0 Å². The number of amides is 1. The van der Waals surface area contributed by atoms with Gasteiger partial charge >= 0.3 is 5.85 Å². The lowest BCUT2D eigenvalue weighted by atomic mass is 9.95. The van der Waals surface area contributed by atoms with Crippen molar-refractivity contribution in [3.8, 4) is 11.5 Å². The third-order valence-corrected chi connectivity index (χ3v) is 8.35. The number of phenolic OH excluding ortho intramolecular Hbond substituents is 1. The minimum atomic E-state index is -1.42. The van der Waals surface area contributed by atoms with Crippen LogP contribution in [-0.2, 0) is 0 Å². The summed E-state index contributed by atoms with van der Waals surface area (Å²) in [5, 5.41) is 18.1. The van der Waals surface area contributed by atoms with E-state index in [1.54, 1.807) is 23.1 Å². The van der Waals surface area contributed by atoms with Crippen molar-refractivity contribution in [2.45, 2.75) is 18.3 Å². The number of nitrogens with zero attached hydrogens (tertiary/aromatic N) is 3. The molecule has 1 amide bonds. The predicted molar refractivity (Wildman–Crippen MR) is 155 cm³/mol. The highest BCUT2D eigenvalue weighted by Crippen LogP contribution is 2.58. The number of rotatable bonds is 3. The number of thioether (sulfide) groups is 1. The number of para-hydroxylation sites is 2. The lowest BCUT2D eigenvalue weighted by Gasteiger charge is -2.49. The Balaban J connectivity index is 1.50. The molecule has 7 rings (SSSR count). The van der Waals surface area contributed by atoms with Crippen LogP contribution in [0.15, 0.2) is 113 Å². The molecule has 4 aromatic rings. The SMILES string of the molecule is O=C1S/C(=C\c2ccccc2O)C2(Oc3ccc(Cl)cc3C3CC(c4ccccc4)=NN32)N1c1ccccc1. The lowest BCUT2D eigenvalue weighted by molar-refractivity contribution is -0.0763. The van der Waals surface area contributed by atoms with Gasteiger partial charge in [-0.05, 0) is 59.8 Å². The van der Waals surface area contributed by atoms with Gasteiger partial charge in [0.2, 0.25) is 0 Å². The summed E-state index contributed by atoms with van der Waals surface area (Å²) >= 11 is 7.53. The molecule has 6 nitrogen and oxygen atoms in total. The van der Waals surface area contributed by atoms with Crippen LogP contribution in [0.3, 0.4) is 0 Å². The second kappa shape index (κ2) is 9.22. The minimum Gasteiger partial charge on any atom is -0.507 e. The van der Waals surface area contributed by atoms with E-state index in [1.165, 1.54) is 0 Å². The highest BCUT2D eigenvalue weighted by atomic mass is 35.5. The first kappa shape index (κ1) is 23.9. The Bertz CT molecular complexity index is 1660. The highest BCUT2D eigenvalue weighted by Gasteiger charge is 2.63. The predicted octanol–water partition coefficient (Wildman–Crippen LogP) is 7.66. The third-order valence-electron chi connectivity index (χ3n) is 7.15. The first-order valence-corrected chi connectivity index (χ1v) is 13.7. The summed E-state index contributed by atoms with van der Waals surface area (Å²) in [4.78, 5) is 16.1. The topological polar surface area (TPSA) is 65.4 Å². The van der Waals surface area contributed by atoms with E-state index in [1.807, 2.05) is 96.0 Å². The monoisotopic (exact) mass is 551 g/mol. The minimum absolute atomic E-state index is 0.112. The highest BCUT2D eigenvalue weighted by molar-refractivity contribution is 8.17. The smallest absolute Gasteiger partial charge is 0.321 e. The molecule has 0 aliphatic carbocycles. The second-order valence-electron chi connectivity index (χ2n) is 9.48. The largest absolute Gasteiger partial charge is 0.507 e. The van der Waals surface area contributed by atoms with Crippen molar-refractivity contribution in [3.63, 3.8) is 0 Å². The number of benzene rings is 4. The molecule has 1 saturated heterocycles. The Morgan fingerprint density at radius 3 is 2.46 bits per heavy atom. The molecule has 2 unspecified atom stereocenters. The zero-order valence-corrected chi connectivity index (χ0v) is 22.1. The maximum Gasteiger partial charge on any atom is 0.321 e. The number of carbonyl (C=O) groups excluding carboxylic acids is 1. The number of ether oxygens (including phenoxy) is 1. The average molecular weight is 552 g/mol. The molecule has 3 heterocycles. The van der Waals surface area contributed by atoms with Crippen molar-refractivity contribution in [3.05, 3.63) is 130 Å². The van der Waals surface area contributed by atoms with E-state index < -0.39 is 5.85 Å². The van der Waals surface area contributed by atoms with Crippen LogP contribution in [0.25, 0.3) is 6.08 Å². The molecule has 0 aromatic heterocycles. The fourth-order valence-corrected chi connectivity index (χ4v) is 6.63. The van der Waals surface area contributed by atoms with Gasteiger partial charge in [-0.25, -0.2) is 9.91 Å². The molecule has 192 valence electrons. The van der Waals surface area contributed by atoms with E-state index in [4.69, 9.17) is 21.4 Å². The number of hydrogen-bond donors (Lipinski definition) is 1. The molecule has 4 aromatic carbocycles. The van der Waals surface area contributed by atoms with Crippen LogP contribution >= 0.6 is 23.4 Å². The van der Waals surface area contributed by atoms with Gasteiger partial charge in [0.15, 0.2) is 0 Å². The average Bonchev–Trinajstić information content (AvgIpc) is 3.52. The number of carbonyl (C=O) groups is 1. The van der Waals surface area contributed by atoms with Crippen LogP contribution in [0.4, 0.5) is 10.5 Å². The molecule has 1 spiro atoms. The Kier molecular flexibility index (Phi) is 5.65. The number of anilines is 1. The van der Waals surface area contributed by atoms with Crippen LogP contribution in [-0.4, -0.2) is 26.9 Å². The molecule has 0 saturated carbocycles. The Labute approximate surface area is 234 Å². The van der Waals surface area contributed by atoms with E-state index >= 15 is 0 Å². The third kappa shape index (κ3) is 3.80. The zero-order valence-electron chi connectivity index (χ0n) is 20.6. The van der Waals surface area contributed by atoms with Gasteiger partial charge in [-0.1, -0.05) is 78.3 Å². The first-order chi connectivity index (χ1) is 19.0. The van der Waals surface area contributed by atoms with E-state index in [0.717, 1.165) is 28.6 Å². The molecule has 3 aliphatic rings. The number of hydrazone groups is 1. The molecular weight excluding hydrogens is 530 g/mol. The molecule has 0 bridgehead atoms. The van der Waals surface area contributed by atoms with E-state index in [2.05, 4.69) is 0 Å². The van der Waals surface area contributed by atoms with E-state index in [0.29, 0.717) is 33.3 Å².